The molecule has 2 aromatic rings. The summed E-state index contributed by atoms with van der Waals surface area (Å²) < 4.78 is 40.9. The average Bonchev–Trinajstić information content (AvgIpc) is 2.35. The van der Waals surface area contributed by atoms with Crippen LogP contribution in [0.3, 0.4) is 0 Å². The molecule has 1 atom stereocenters. The van der Waals surface area contributed by atoms with Crippen molar-refractivity contribution in [1.29, 1.82) is 0 Å². The molecule has 0 amide bonds. The van der Waals surface area contributed by atoms with E-state index < -0.39 is 23.5 Å². The predicted molar refractivity (Wildman–Crippen MR) is 61.9 cm³/mol. The number of hydrazine groups is 1. The van der Waals surface area contributed by atoms with Crippen LogP contribution in [0, 0.1) is 17.5 Å². The minimum atomic E-state index is -1.08. The van der Waals surface area contributed by atoms with E-state index in [0.29, 0.717) is 0 Å². The minimum absolute atomic E-state index is 0.0870. The topological polar surface area (TPSA) is 38.0 Å². The zero-order valence-corrected chi connectivity index (χ0v) is 9.33. The molecule has 18 heavy (non-hydrogen) atoms. The van der Waals surface area contributed by atoms with Crippen LogP contribution in [0.1, 0.15) is 17.2 Å². The molecule has 0 aromatic heterocycles. The first-order valence-corrected chi connectivity index (χ1v) is 5.29. The van der Waals surface area contributed by atoms with Gasteiger partial charge >= 0.3 is 0 Å². The Bertz CT molecular complexity index is 537. The van der Waals surface area contributed by atoms with Gasteiger partial charge in [-0.1, -0.05) is 24.3 Å². The van der Waals surface area contributed by atoms with Gasteiger partial charge < -0.3 is 0 Å². The van der Waals surface area contributed by atoms with Gasteiger partial charge in [-0.05, 0) is 18.2 Å². The summed E-state index contributed by atoms with van der Waals surface area (Å²) in [6.45, 7) is 0. The Balaban J connectivity index is 2.56. The van der Waals surface area contributed by atoms with E-state index in [4.69, 9.17) is 5.84 Å². The van der Waals surface area contributed by atoms with Crippen LogP contribution in [0.2, 0.25) is 0 Å². The highest BCUT2D eigenvalue weighted by Crippen LogP contribution is 2.27. The van der Waals surface area contributed by atoms with E-state index in [1.54, 1.807) is 6.07 Å². The third kappa shape index (κ3) is 2.23. The van der Waals surface area contributed by atoms with Crippen LogP contribution < -0.4 is 11.3 Å². The van der Waals surface area contributed by atoms with E-state index in [1.807, 2.05) is 0 Å². The third-order valence-corrected chi connectivity index (χ3v) is 2.67. The highest BCUT2D eigenvalue weighted by molar-refractivity contribution is 5.34. The number of benzene rings is 2. The molecule has 2 aromatic carbocycles. The van der Waals surface area contributed by atoms with Crippen molar-refractivity contribution in [3.8, 4) is 0 Å². The van der Waals surface area contributed by atoms with Gasteiger partial charge in [-0.25, -0.2) is 18.6 Å². The van der Waals surface area contributed by atoms with Crippen LogP contribution in [-0.4, -0.2) is 0 Å². The number of nitrogens with one attached hydrogen (secondary N) is 1. The van der Waals surface area contributed by atoms with Crippen molar-refractivity contribution >= 4 is 0 Å². The molecule has 0 saturated carbocycles. The second kappa shape index (κ2) is 5.20. The van der Waals surface area contributed by atoms with Gasteiger partial charge in [0.1, 0.15) is 17.5 Å². The lowest BCUT2D eigenvalue weighted by Gasteiger charge is -2.18. The molecular weight excluding hydrogens is 241 g/mol. The van der Waals surface area contributed by atoms with Crippen LogP contribution in [0.15, 0.2) is 42.5 Å². The number of nitrogens with two attached hydrogens (primary N) is 1. The first kappa shape index (κ1) is 12.6. The fourth-order valence-corrected chi connectivity index (χ4v) is 1.82. The van der Waals surface area contributed by atoms with Gasteiger partial charge in [0.25, 0.3) is 0 Å². The van der Waals surface area contributed by atoms with Crippen LogP contribution in [-0.2, 0) is 0 Å². The number of hydrogen-bond acceptors (Lipinski definition) is 2. The highest BCUT2D eigenvalue weighted by Gasteiger charge is 2.22. The quantitative estimate of drug-likeness (QED) is 0.651. The summed E-state index contributed by atoms with van der Waals surface area (Å²) in [4.78, 5) is 0. The number of halogens is 3. The second-order valence-electron chi connectivity index (χ2n) is 3.76. The molecule has 0 heterocycles. The monoisotopic (exact) mass is 252 g/mol. The molecule has 0 aliphatic heterocycles. The van der Waals surface area contributed by atoms with Crippen molar-refractivity contribution < 1.29 is 13.2 Å². The third-order valence-electron chi connectivity index (χ3n) is 2.67. The van der Waals surface area contributed by atoms with E-state index in [1.165, 1.54) is 24.3 Å². The van der Waals surface area contributed by atoms with Crippen molar-refractivity contribution in [3.05, 3.63) is 71.0 Å². The van der Waals surface area contributed by atoms with E-state index in [-0.39, 0.29) is 11.1 Å². The lowest BCUT2D eigenvalue weighted by Crippen LogP contribution is -2.31. The summed E-state index contributed by atoms with van der Waals surface area (Å²) in [6.07, 6.45) is 0. The average molecular weight is 252 g/mol. The van der Waals surface area contributed by atoms with E-state index in [0.717, 1.165) is 12.1 Å². The Kier molecular flexibility index (Phi) is 3.64. The van der Waals surface area contributed by atoms with Gasteiger partial charge in [-0.15, -0.1) is 0 Å². The Morgan fingerprint density at radius 2 is 1.39 bits per heavy atom. The van der Waals surface area contributed by atoms with E-state index in [9.17, 15) is 13.2 Å². The van der Waals surface area contributed by atoms with E-state index >= 15 is 0 Å². The zero-order chi connectivity index (χ0) is 13.1. The minimum Gasteiger partial charge on any atom is -0.271 e. The van der Waals surface area contributed by atoms with Gasteiger partial charge in [0.2, 0.25) is 0 Å². The molecule has 0 aliphatic carbocycles. The molecule has 0 spiro atoms. The van der Waals surface area contributed by atoms with Crippen LogP contribution >= 0.6 is 0 Å². The summed E-state index contributed by atoms with van der Waals surface area (Å²) in [6, 6.07) is 8.05. The molecule has 0 fully saturated rings. The molecule has 5 heteroatoms. The maximum absolute atomic E-state index is 13.6. The predicted octanol–water partition coefficient (Wildman–Crippen LogP) is 2.66. The summed E-state index contributed by atoms with van der Waals surface area (Å²) in [5.41, 5.74) is 2.02. The fraction of sp³-hybridized carbons (Fsp3) is 0.0769. The summed E-state index contributed by atoms with van der Waals surface area (Å²) in [5, 5.41) is 0. The molecule has 0 aliphatic rings. The van der Waals surface area contributed by atoms with Crippen molar-refractivity contribution in [3.63, 3.8) is 0 Å². The maximum Gasteiger partial charge on any atom is 0.131 e. The van der Waals surface area contributed by atoms with Gasteiger partial charge in [0.05, 0.1) is 6.04 Å². The Hall–Kier alpha value is -1.85. The Morgan fingerprint density at radius 1 is 0.833 bits per heavy atom. The Morgan fingerprint density at radius 3 is 1.94 bits per heavy atom. The molecule has 3 N–H and O–H groups in total. The van der Waals surface area contributed by atoms with Crippen LogP contribution in [0.25, 0.3) is 0 Å². The van der Waals surface area contributed by atoms with Crippen molar-refractivity contribution in [2.24, 2.45) is 5.84 Å². The first-order chi connectivity index (χ1) is 8.65. The van der Waals surface area contributed by atoms with Crippen molar-refractivity contribution in [2.75, 3.05) is 0 Å². The standard InChI is InChI=1S/C13H11F3N2/c14-9-5-2-1-4-8(9)13(18-17)12-10(15)6-3-7-11(12)16/h1-7,13,18H,17H2. The number of hydrogen-bond donors (Lipinski definition) is 2. The van der Waals surface area contributed by atoms with Crippen molar-refractivity contribution in [2.45, 2.75) is 6.04 Å². The lowest BCUT2D eigenvalue weighted by atomic mass is 9.98. The van der Waals surface area contributed by atoms with Crippen LogP contribution in [0.4, 0.5) is 13.2 Å². The normalized spacial score (nSPS) is 12.4. The molecule has 0 saturated heterocycles. The molecule has 1 unspecified atom stereocenters. The molecule has 2 nitrogen and oxygen atoms in total. The van der Waals surface area contributed by atoms with Crippen molar-refractivity contribution in [1.82, 2.24) is 5.43 Å². The Labute approximate surface area is 102 Å². The van der Waals surface area contributed by atoms with Gasteiger partial charge in [0.15, 0.2) is 0 Å². The largest absolute Gasteiger partial charge is 0.271 e. The maximum atomic E-state index is 13.6. The lowest BCUT2D eigenvalue weighted by molar-refractivity contribution is 0.495. The molecule has 0 bridgehead atoms. The van der Waals surface area contributed by atoms with Gasteiger partial charge in [0, 0.05) is 11.1 Å². The number of rotatable bonds is 3. The summed E-state index contributed by atoms with van der Waals surface area (Å²) >= 11 is 0. The second-order valence-corrected chi connectivity index (χ2v) is 3.76. The molecule has 94 valence electrons. The van der Waals surface area contributed by atoms with Crippen LogP contribution in [0.5, 0.6) is 0 Å². The summed E-state index contributed by atoms with van der Waals surface area (Å²) in [5.74, 6) is 3.16. The molecule has 2 rings (SSSR count). The van der Waals surface area contributed by atoms with Gasteiger partial charge in [-0.3, -0.25) is 5.84 Å². The van der Waals surface area contributed by atoms with Gasteiger partial charge in [-0.2, -0.15) is 0 Å². The van der Waals surface area contributed by atoms with E-state index in [2.05, 4.69) is 5.43 Å². The highest BCUT2D eigenvalue weighted by atomic mass is 19.1. The smallest absolute Gasteiger partial charge is 0.131 e. The fourth-order valence-electron chi connectivity index (χ4n) is 1.82. The first-order valence-electron chi connectivity index (χ1n) is 5.29. The SMILES string of the molecule is NNC(c1ccccc1F)c1c(F)cccc1F. The summed E-state index contributed by atoms with van der Waals surface area (Å²) in [7, 11) is 0. The molecular formula is C13H11F3N2. The zero-order valence-electron chi connectivity index (χ0n) is 9.33. The molecule has 0 radical (unpaired) electrons.